The van der Waals surface area contributed by atoms with Gasteiger partial charge in [0.2, 0.25) is 5.91 Å². The lowest BCUT2D eigenvalue weighted by Crippen LogP contribution is -2.41. The first-order valence-corrected chi connectivity index (χ1v) is 8.13. The van der Waals surface area contributed by atoms with E-state index >= 15 is 0 Å². The van der Waals surface area contributed by atoms with Crippen LogP contribution in [0.5, 0.6) is 0 Å². The van der Waals surface area contributed by atoms with Crippen molar-refractivity contribution < 1.29 is 4.79 Å². The van der Waals surface area contributed by atoms with Gasteiger partial charge in [0.25, 0.3) is 0 Å². The molecule has 0 saturated carbocycles. The SMILES string of the molecule is CCN(Cc1cccs1)[C@H]1CCN(c2cnn(C)c2)C1=O. The summed E-state index contributed by atoms with van der Waals surface area (Å²) in [6, 6.07) is 4.18. The van der Waals surface area contributed by atoms with Gasteiger partial charge in [0.05, 0.1) is 17.9 Å². The highest BCUT2D eigenvalue weighted by molar-refractivity contribution is 7.09. The van der Waals surface area contributed by atoms with Crippen molar-refractivity contribution in [3.63, 3.8) is 0 Å². The zero-order valence-corrected chi connectivity index (χ0v) is 13.2. The summed E-state index contributed by atoms with van der Waals surface area (Å²) in [4.78, 5) is 18.1. The molecule has 3 rings (SSSR count). The van der Waals surface area contributed by atoms with Gasteiger partial charge in [-0.05, 0) is 24.4 Å². The highest BCUT2D eigenvalue weighted by Crippen LogP contribution is 2.25. The molecule has 0 radical (unpaired) electrons. The van der Waals surface area contributed by atoms with Gasteiger partial charge in [-0.3, -0.25) is 14.4 Å². The summed E-state index contributed by atoms with van der Waals surface area (Å²) in [6.45, 7) is 4.63. The minimum Gasteiger partial charge on any atom is -0.308 e. The molecule has 2 aromatic heterocycles. The Morgan fingerprint density at radius 2 is 2.38 bits per heavy atom. The van der Waals surface area contributed by atoms with Gasteiger partial charge in [0, 0.05) is 31.2 Å². The van der Waals surface area contributed by atoms with Crippen LogP contribution in [0, 0.1) is 0 Å². The third-order valence-electron chi connectivity index (χ3n) is 3.97. The number of thiophene rings is 1. The molecule has 6 heteroatoms. The monoisotopic (exact) mass is 304 g/mol. The van der Waals surface area contributed by atoms with Crippen LogP contribution >= 0.6 is 11.3 Å². The molecule has 2 aromatic rings. The summed E-state index contributed by atoms with van der Waals surface area (Å²) < 4.78 is 1.74. The maximum Gasteiger partial charge on any atom is 0.244 e. The molecule has 1 aliphatic heterocycles. The number of hydrogen-bond donors (Lipinski definition) is 0. The van der Waals surface area contributed by atoms with Gasteiger partial charge in [-0.1, -0.05) is 13.0 Å². The quantitative estimate of drug-likeness (QED) is 0.849. The summed E-state index contributed by atoms with van der Waals surface area (Å²) >= 11 is 1.75. The lowest BCUT2D eigenvalue weighted by atomic mass is 10.2. The van der Waals surface area contributed by atoms with Crippen LogP contribution in [0.1, 0.15) is 18.2 Å². The van der Waals surface area contributed by atoms with Crippen LogP contribution in [0.3, 0.4) is 0 Å². The number of anilines is 1. The summed E-state index contributed by atoms with van der Waals surface area (Å²) in [5, 5.41) is 6.24. The van der Waals surface area contributed by atoms with Crippen LogP contribution in [-0.2, 0) is 18.4 Å². The molecule has 0 aromatic carbocycles. The van der Waals surface area contributed by atoms with E-state index in [1.807, 2.05) is 18.1 Å². The molecule has 0 aliphatic carbocycles. The summed E-state index contributed by atoms with van der Waals surface area (Å²) in [7, 11) is 1.87. The van der Waals surface area contributed by atoms with Crippen molar-refractivity contribution >= 4 is 22.9 Å². The van der Waals surface area contributed by atoms with Crippen molar-refractivity contribution in [3.05, 3.63) is 34.8 Å². The topological polar surface area (TPSA) is 41.4 Å². The number of likely N-dealkylation sites (N-methyl/N-ethyl adjacent to an activating group) is 1. The number of aryl methyl sites for hydroxylation is 1. The van der Waals surface area contributed by atoms with Gasteiger partial charge in [0.15, 0.2) is 0 Å². The molecule has 0 N–H and O–H groups in total. The second-order valence-electron chi connectivity index (χ2n) is 5.31. The molecule has 0 bridgehead atoms. The Kier molecular flexibility index (Phi) is 4.07. The number of carbonyl (C=O) groups excluding carboxylic acids is 1. The van der Waals surface area contributed by atoms with Crippen LogP contribution < -0.4 is 4.90 Å². The molecule has 1 atom stereocenters. The van der Waals surface area contributed by atoms with Crippen molar-refractivity contribution in [1.82, 2.24) is 14.7 Å². The minimum atomic E-state index is -0.0164. The normalized spacial score (nSPS) is 18.9. The molecule has 1 aliphatic rings. The fraction of sp³-hybridized carbons (Fsp3) is 0.467. The summed E-state index contributed by atoms with van der Waals surface area (Å²) in [5.74, 6) is 0.196. The molecule has 0 spiro atoms. The first kappa shape index (κ1) is 14.3. The van der Waals surface area contributed by atoms with Gasteiger partial charge in [-0.15, -0.1) is 11.3 Å². The zero-order chi connectivity index (χ0) is 14.8. The predicted octanol–water partition coefficient (Wildman–Crippen LogP) is 2.11. The standard InChI is InChI=1S/C15H20N4OS/c1-3-18(11-13-5-4-8-21-13)14-6-7-19(15(14)20)12-9-16-17(2)10-12/h4-5,8-10,14H,3,6-7,11H2,1-2H3/t14-/m0/s1. The lowest BCUT2D eigenvalue weighted by Gasteiger charge is -2.25. The third-order valence-corrected chi connectivity index (χ3v) is 4.83. The summed E-state index contributed by atoms with van der Waals surface area (Å²) in [5.41, 5.74) is 0.900. The second-order valence-corrected chi connectivity index (χ2v) is 6.34. The smallest absolute Gasteiger partial charge is 0.244 e. The summed E-state index contributed by atoms with van der Waals surface area (Å²) in [6.07, 6.45) is 4.54. The average Bonchev–Trinajstić information content (AvgIpc) is 3.18. The highest BCUT2D eigenvalue weighted by Gasteiger charge is 2.36. The number of amides is 1. The maximum atomic E-state index is 12.7. The van der Waals surface area contributed by atoms with Crippen LogP contribution in [0.2, 0.25) is 0 Å². The zero-order valence-electron chi connectivity index (χ0n) is 12.4. The van der Waals surface area contributed by atoms with E-state index in [0.717, 1.165) is 31.7 Å². The van der Waals surface area contributed by atoms with Gasteiger partial charge in [-0.25, -0.2) is 0 Å². The van der Waals surface area contributed by atoms with E-state index in [9.17, 15) is 4.79 Å². The van der Waals surface area contributed by atoms with Crippen LogP contribution in [0.15, 0.2) is 29.9 Å². The van der Waals surface area contributed by atoms with E-state index in [1.54, 1.807) is 22.2 Å². The fourth-order valence-corrected chi connectivity index (χ4v) is 3.58. The number of carbonyl (C=O) groups is 1. The van der Waals surface area contributed by atoms with E-state index in [1.165, 1.54) is 4.88 Å². The Hall–Kier alpha value is -1.66. The van der Waals surface area contributed by atoms with E-state index in [-0.39, 0.29) is 11.9 Å². The average molecular weight is 304 g/mol. The van der Waals surface area contributed by atoms with E-state index in [0.29, 0.717) is 0 Å². The van der Waals surface area contributed by atoms with Gasteiger partial charge < -0.3 is 4.90 Å². The molecule has 0 unspecified atom stereocenters. The number of rotatable bonds is 5. The predicted molar refractivity (Wildman–Crippen MR) is 84.4 cm³/mol. The molecule has 5 nitrogen and oxygen atoms in total. The fourth-order valence-electron chi connectivity index (χ4n) is 2.85. The van der Waals surface area contributed by atoms with Crippen molar-refractivity contribution in [2.75, 3.05) is 18.0 Å². The molecule has 21 heavy (non-hydrogen) atoms. The molecule has 1 saturated heterocycles. The number of aromatic nitrogens is 2. The molecule has 3 heterocycles. The van der Waals surface area contributed by atoms with E-state index in [4.69, 9.17) is 0 Å². The Morgan fingerprint density at radius 3 is 3.00 bits per heavy atom. The minimum absolute atomic E-state index is 0.0164. The van der Waals surface area contributed by atoms with E-state index in [2.05, 4.69) is 34.4 Å². The Morgan fingerprint density at radius 1 is 1.52 bits per heavy atom. The number of hydrogen-bond acceptors (Lipinski definition) is 4. The largest absolute Gasteiger partial charge is 0.308 e. The van der Waals surface area contributed by atoms with Crippen molar-refractivity contribution in [3.8, 4) is 0 Å². The molecular formula is C15H20N4OS. The molecular weight excluding hydrogens is 284 g/mol. The van der Waals surface area contributed by atoms with Crippen molar-refractivity contribution in [2.45, 2.75) is 25.9 Å². The Balaban J connectivity index is 1.72. The first-order chi connectivity index (χ1) is 10.2. The van der Waals surface area contributed by atoms with Gasteiger partial charge in [0.1, 0.15) is 0 Å². The van der Waals surface area contributed by atoms with Gasteiger partial charge in [-0.2, -0.15) is 5.10 Å². The molecule has 1 amide bonds. The van der Waals surface area contributed by atoms with E-state index < -0.39 is 0 Å². The van der Waals surface area contributed by atoms with Crippen LogP contribution in [0.25, 0.3) is 0 Å². The van der Waals surface area contributed by atoms with Gasteiger partial charge >= 0.3 is 0 Å². The van der Waals surface area contributed by atoms with Crippen molar-refractivity contribution in [1.29, 1.82) is 0 Å². The van der Waals surface area contributed by atoms with Crippen LogP contribution in [0.4, 0.5) is 5.69 Å². The first-order valence-electron chi connectivity index (χ1n) is 7.25. The lowest BCUT2D eigenvalue weighted by molar-refractivity contribution is -0.121. The molecule has 112 valence electrons. The highest BCUT2D eigenvalue weighted by atomic mass is 32.1. The third kappa shape index (κ3) is 2.87. The molecule has 1 fully saturated rings. The number of nitrogens with zero attached hydrogens (tertiary/aromatic N) is 4. The second kappa shape index (κ2) is 5.99. The van der Waals surface area contributed by atoms with Crippen molar-refractivity contribution in [2.24, 2.45) is 7.05 Å². The maximum absolute atomic E-state index is 12.7. The Bertz CT molecular complexity index is 607. The van der Waals surface area contributed by atoms with Crippen LogP contribution in [-0.4, -0.2) is 39.7 Å². The Labute approximate surface area is 128 Å².